The predicted octanol–water partition coefficient (Wildman–Crippen LogP) is 11.6. The van der Waals surface area contributed by atoms with Gasteiger partial charge in [-0.05, 0) is 60.4 Å². The molecule has 10 nitrogen and oxygen atoms in total. The minimum Gasteiger partial charge on any atom is -0.493 e. The van der Waals surface area contributed by atoms with Crippen LogP contribution in [0.2, 0.25) is 0 Å². The molecule has 0 saturated heterocycles. The van der Waals surface area contributed by atoms with Crippen molar-refractivity contribution in [2.24, 2.45) is 11.8 Å². The highest BCUT2D eigenvalue weighted by atomic mass is 16.5. The van der Waals surface area contributed by atoms with Gasteiger partial charge in [-0.2, -0.15) is 5.26 Å². The van der Waals surface area contributed by atoms with Gasteiger partial charge in [0.1, 0.15) is 28.8 Å². The van der Waals surface area contributed by atoms with Crippen molar-refractivity contribution in [3.63, 3.8) is 0 Å². The summed E-state index contributed by atoms with van der Waals surface area (Å²) in [5.74, 6) is 1.97. The number of fused-ring (bicyclic) bond motifs is 3. The first-order chi connectivity index (χ1) is 41.3. The van der Waals surface area contributed by atoms with Gasteiger partial charge in [-0.15, -0.1) is 0 Å². The standard InChI is InChI=1S/C72H60B2N8O2/c1-6-49(3)47-83-57-36-24-26-51(42-57)69-66-67(72(68(76-5)65-46-78-61-39-21-23-41-63(61)80-65)82(69)74(55-32-16-10-17-33-55)56-34-18-11-19-35-56)70(52-27-25-37-58(43-52)84-48-50(4)7-2)81(73(53-28-12-8-13-29-53)54-30-14-9-15-31-54)71(66)59(44-75)64-45-77-60-38-20-22-40-62(60)79-64/h8-43,45-46,49-50H,6-7,47-48H2,1-4H3/b71-59-,72-68+. The van der Waals surface area contributed by atoms with Crippen LogP contribution in [0.5, 0.6) is 11.5 Å². The molecule has 0 spiro atoms. The van der Waals surface area contributed by atoms with Crippen LogP contribution in [-0.4, -0.2) is 55.8 Å². The van der Waals surface area contributed by atoms with E-state index in [9.17, 15) is 11.8 Å². The van der Waals surface area contributed by atoms with Crippen molar-refractivity contribution in [2.75, 3.05) is 13.2 Å². The lowest BCUT2D eigenvalue weighted by Gasteiger charge is -2.25. The fourth-order valence-corrected chi connectivity index (χ4v) is 11.3. The van der Waals surface area contributed by atoms with Crippen LogP contribution in [0, 0.1) is 29.7 Å². The Balaban J connectivity index is 1.42. The molecule has 4 heterocycles. The number of hydrogen-bond donors (Lipinski definition) is 0. The van der Waals surface area contributed by atoms with Crippen molar-refractivity contribution in [1.82, 2.24) is 28.9 Å². The molecule has 0 radical (unpaired) electrons. The van der Waals surface area contributed by atoms with Crippen molar-refractivity contribution < 1.29 is 9.47 Å². The number of aromatic nitrogens is 6. The quantitative estimate of drug-likeness (QED) is 0.0622. The molecule has 0 aliphatic rings. The van der Waals surface area contributed by atoms with Crippen molar-refractivity contribution >= 4 is 79.7 Å². The number of nitrogens with zero attached hydrogens (tertiary/aromatic N) is 8. The zero-order chi connectivity index (χ0) is 57.5. The van der Waals surface area contributed by atoms with Gasteiger partial charge in [0.2, 0.25) is 5.70 Å². The predicted molar refractivity (Wildman–Crippen MR) is 343 cm³/mol. The summed E-state index contributed by atoms with van der Waals surface area (Å²) >= 11 is 0. The Morgan fingerprint density at radius 1 is 0.500 bits per heavy atom. The molecule has 12 heteroatoms. The normalized spacial score (nSPS) is 12.7. The third-order valence-electron chi connectivity index (χ3n) is 15.9. The lowest BCUT2D eigenvalue weighted by molar-refractivity contribution is 0.256. The Bertz CT molecular complexity index is 4190. The topological polar surface area (TPSA) is 108 Å². The SMILES string of the molecule is [C-]#[N+]/C(c1cnc2ccccc2n1)=c1\c2c(-c3cccc(OCC(C)CC)c3)n(B(c3ccccc3)c3ccccc3)/c(=C(/C#N)c3cnc4ccccc4n3)c2c(-c2cccc(OCC(C)CC)c2)n1B(c1ccccc1)c1ccccc1. The summed E-state index contributed by atoms with van der Waals surface area (Å²) in [6, 6.07) is 76.6. The molecule has 2 atom stereocenters. The fourth-order valence-electron chi connectivity index (χ4n) is 11.3. The summed E-state index contributed by atoms with van der Waals surface area (Å²) in [6.07, 6.45) is 5.34. The Morgan fingerprint density at radius 3 is 1.30 bits per heavy atom. The maximum atomic E-state index is 12.4. The van der Waals surface area contributed by atoms with E-state index in [4.69, 9.17) is 29.4 Å². The zero-order valence-electron chi connectivity index (χ0n) is 47.5. The maximum absolute atomic E-state index is 12.4. The molecule has 4 aromatic heterocycles. The van der Waals surface area contributed by atoms with Gasteiger partial charge in [-0.1, -0.05) is 232 Å². The van der Waals surface area contributed by atoms with Gasteiger partial charge in [0.05, 0.1) is 59.1 Å². The molecule has 2 unspecified atom stereocenters. The van der Waals surface area contributed by atoms with Crippen molar-refractivity contribution in [3.8, 4) is 40.1 Å². The van der Waals surface area contributed by atoms with Crippen LogP contribution in [0.15, 0.2) is 231 Å². The van der Waals surface area contributed by atoms with E-state index in [0.717, 1.165) is 57.2 Å². The highest BCUT2D eigenvalue weighted by molar-refractivity contribution is 6.85. The van der Waals surface area contributed by atoms with Gasteiger partial charge >= 0.3 is 13.7 Å². The fraction of sp³-hybridized carbons (Fsp3) is 0.139. The van der Waals surface area contributed by atoms with Gasteiger partial charge in [-0.25, -0.2) is 9.83 Å². The molecule has 0 bridgehead atoms. The van der Waals surface area contributed by atoms with Crippen LogP contribution in [0.3, 0.4) is 0 Å². The molecule has 0 aliphatic heterocycles. The summed E-state index contributed by atoms with van der Waals surface area (Å²) < 4.78 is 18.1. The van der Waals surface area contributed by atoms with E-state index < -0.39 is 13.7 Å². The summed E-state index contributed by atoms with van der Waals surface area (Å²) in [5.41, 5.74) is 10.9. The summed E-state index contributed by atoms with van der Waals surface area (Å²) in [4.78, 5) is 25.3. The largest absolute Gasteiger partial charge is 0.493 e. The first-order valence-electron chi connectivity index (χ1n) is 28.8. The van der Waals surface area contributed by atoms with E-state index in [0.29, 0.717) is 91.5 Å². The van der Waals surface area contributed by atoms with Gasteiger partial charge in [-0.3, -0.25) is 15.0 Å². The molecular formula is C72H60B2N8O2. The van der Waals surface area contributed by atoms with Gasteiger partial charge in [0.25, 0.3) is 0 Å². The third kappa shape index (κ3) is 10.6. The van der Waals surface area contributed by atoms with Crippen molar-refractivity contribution in [1.29, 1.82) is 5.26 Å². The first-order valence-corrected chi connectivity index (χ1v) is 28.8. The number of nitriles is 1. The molecule has 84 heavy (non-hydrogen) atoms. The second kappa shape index (κ2) is 24.4. The number of hydrogen-bond acceptors (Lipinski definition) is 7. The van der Waals surface area contributed by atoms with E-state index in [1.54, 1.807) is 12.4 Å². The molecular weight excluding hydrogens is 1030 g/mol. The monoisotopic (exact) mass is 1090 g/mol. The van der Waals surface area contributed by atoms with Crippen LogP contribution in [0.25, 0.3) is 71.5 Å². The number of para-hydroxylation sites is 4. The average molecular weight is 1090 g/mol. The molecule has 0 amide bonds. The number of benzene rings is 8. The second-order valence-corrected chi connectivity index (χ2v) is 21.5. The molecule has 12 rings (SSSR count). The summed E-state index contributed by atoms with van der Waals surface area (Å²) in [7, 11) is 0. The number of ether oxygens (including phenoxy) is 2. The molecule has 0 fully saturated rings. The van der Waals surface area contributed by atoms with Gasteiger partial charge in [0.15, 0.2) is 0 Å². The Hall–Kier alpha value is -10.3. The van der Waals surface area contributed by atoms with E-state index in [1.807, 2.05) is 97.1 Å². The smallest absolute Gasteiger partial charge is 0.328 e. The average Bonchev–Trinajstić information content (AvgIpc) is 1.61. The Kier molecular flexibility index (Phi) is 15.8. The zero-order valence-corrected chi connectivity index (χ0v) is 47.5. The summed E-state index contributed by atoms with van der Waals surface area (Å²) in [5, 5.41) is 15.0. The first kappa shape index (κ1) is 54.3. The highest BCUT2D eigenvalue weighted by Gasteiger charge is 2.37. The van der Waals surface area contributed by atoms with Crippen molar-refractivity contribution in [3.05, 3.63) is 264 Å². The highest BCUT2D eigenvalue weighted by Crippen LogP contribution is 2.38. The Labute approximate surface area is 490 Å². The van der Waals surface area contributed by atoms with Crippen LogP contribution >= 0.6 is 0 Å². The molecule has 0 N–H and O–H groups in total. The third-order valence-corrected chi connectivity index (χ3v) is 15.9. The molecule has 0 saturated carbocycles. The van der Waals surface area contributed by atoms with E-state index >= 15 is 0 Å². The minimum absolute atomic E-state index is 0.264. The van der Waals surface area contributed by atoms with Crippen LogP contribution < -0.4 is 42.0 Å². The Morgan fingerprint density at radius 2 is 0.881 bits per heavy atom. The maximum Gasteiger partial charge on any atom is 0.328 e. The van der Waals surface area contributed by atoms with Crippen LogP contribution in [0.1, 0.15) is 51.9 Å². The second-order valence-electron chi connectivity index (χ2n) is 21.5. The lowest BCUT2D eigenvalue weighted by Crippen LogP contribution is -2.54. The minimum atomic E-state index is -0.582. The van der Waals surface area contributed by atoms with E-state index in [-0.39, 0.29) is 11.3 Å². The van der Waals surface area contributed by atoms with Gasteiger partial charge < -0.3 is 18.4 Å². The van der Waals surface area contributed by atoms with Crippen LogP contribution in [0.4, 0.5) is 0 Å². The van der Waals surface area contributed by atoms with Gasteiger partial charge in [0, 0.05) is 44.8 Å². The van der Waals surface area contributed by atoms with E-state index in [1.165, 1.54) is 0 Å². The number of rotatable bonds is 18. The van der Waals surface area contributed by atoms with E-state index in [2.05, 4.69) is 169 Å². The molecule has 12 aromatic rings. The van der Waals surface area contributed by atoms with Crippen LogP contribution in [-0.2, 0) is 0 Å². The lowest BCUT2D eigenvalue weighted by atomic mass is 9.50. The van der Waals surface area contributed by atoms with Crippen molar-refractivity contribution in [2.45, 2.75) is 40.5 Å². The molecule has 0 aliphatic carbocycles. The summed E-state index contributed by atoms with van der Waals surface area (Å²) in [6.45, 7) is 18.3. The molecule has 8 aromatic carbocycles. The molecule has 406 valence electrons.